The Balaban J connectivity index is 1.66. The van der Waals surface area contributed by atoms with E-state index in [1.165, 1.54) is 0 Å². The van der Waals surface area contributed by atoms with E-state index >= 15 is 0 Å². The maximum absolute atomic E-state index is 12.2. The third-order valence-electron chi connectivity index (χ3n) is 3.64. The molecule has 1 atom stereocenters. The number of amides is 1. The van der Waals surface area contributed by atoms with Gasteiger partial charge in [-0.1, -0.05) is 0 Å². The number of anilines is 1. The van der Waals surface area contributed by atoms with Gasteiger partial charge in [-0.05, 0) is 38.6 Å². The minimum Gasteiger partial charge on any atom is -0.454 e. The topological polar surface area (TPSA) is 50.8 Å². The number of fused-ring (bicyclic) bond motifs is 1. The molecule has 0 radical (unpaired) electrons. The van der Waals surface area contributed by atoms with Crippen LogP contribution in [0.1, 0.15) is 12.8 Å². The molecule has 1 amide bonds. The van der Waals surface area contributed by atoms with E-state index in [4.69, 9.17) is 9.47 Å². The number of likely N-dealkylation sites (tertiary alicyclic amines) is 1. The van der Waals surface area contributed by atoms with E-state index < -0.39 is 0 Å². The number of carbonyl (C=O) groups is 1. The van der Waals surface area contributed by atoms with Crippen molar-refractivity contribution < 1.29 is 14.3 Å². The number of nitrogens with zero attached hydrogens (tertiary/aromatic N) is 1. The van der Waals surface area contributed by atoms with E-state index in [0.29, 0.717) is 5.75 Å². The van der Waals surface area contributed by atoms with Gasteiger partial charge in [0.05, 0.1) is 5.92 Å². The van der Waals surface area contributed by atoms with Crippen LogP contribution in [0.15, 0.2) is 18.2 Å². The summed E-state index contributed by atoms with van der Waals surface area (Å²) in [5.74, 6) is 1.59. The van der Waals surface area contributed by atoms with Crippen molar-refractivity contribution >= 4 is 11.6 Å². The van der Waals surface area contributed by atoms with Crippen molar-refractivity contribution in [3.63, 3.8) is 0 Å². The first-order chi connectivity index (χ1) is 9.22. The van der Waals surface area contributed by atoms with E-state index in [0.717, 1.165) is 37.4 Å². The molecule has 0 saturated carbocycles. The third-order valence-corrected chi connectivity index (χ3v) is 3.64. The van der Waals surface area contributed by atoms with Crippen molar-refractivity contribution in [2.45, 2.75) is 12.8 Å². The van der Waals surface area contributed by atoms with Crippen molar-refractivity contribution in [1.29, 1.82) is 0 Å². The highest BCUT2D eigenvalue weighted by atomic mass is 16.7. The van der Waals surface area contributed by atoms with Crippen LogP contribution in [0.4, 0.5) is 5.69 Å². The van der Waals surface area contributed by atoms with Crippen LogP contribution >= 0.6 is 0 Å². The van der Waals surface area contributed by atoms with Gasteiger partial charge in [-0.15, -0.1) is 0 Å². The van der Waals surface area contributed by atoms with Gasteiger partial charge in [0.15, 0.2) is 11.5 Å². The number of hydrogen-bond donors (Lipinski definition) is 1. The fourth-order valence-electron chi connectivity index (χ4n) is 2.60. The first-order valence-corrected chi connectivity index (χ1v) is 6.61. The van der Waals surface area contributed by atoms with Gasteiger partial charge in [0, 0.05) is 18.3 Å². The van der Waals surface area contributed by atoms with Gasteiger partial charge in [0.25, 0.3) is 0 Å². The number of hydrogen-bond acceptors (Lipinski definition) is 4. The quantitative estimate of drug-likeness (QED) is 0.881. The number of nitrogens with one attached hydrogen (secondary N) is 1. The number of carbonyl (C=O) groups excluding carboxylic acids is 1. The van der Waals surface area contributed by atoms with E-state index in [-0.39, 0.29) is 18.6 Å². The maximum atomic E-state index is 12.2. The first-order valence-electron chi connectivity index (χ1n) is 6.61. The lowest BCUT2D eigenvalue weighted by Gasteiger charge is -2.28. The summed E-state index contributed by atoms with van der Waals surface area (Å²) < 4.78 is 10.5. The molecule has 0 unspecified atom stereocenters. The van der Waals surface area contributed by atoms with Crippen LogP contribution in [-0.4, -0.2) is 37.7 Å². The standard InChI is InChI=1S/C14H18N2O3/c1-16-6-2-3-10(8-16)14(17)15-11-4-5-12-13(7-11)19-9-18-12/h4-5,7,10H,2-3,6,8-9H2,1H3,(H,15,17)/t10-/m1/s1. The molecule has 102 valence electrons. The van der Waals surface area contributed by atoms with E-state index in [9.17, 15) is 4.79 Å². The molecule has 2 heterocycles. The molecule has 0 bridgehead atoms. The Hall–Kier alpha value is -1.75. The molecule has 1 fully saturated rings. The van der Waals surface area contributed by atoms with Crippen LogP contribution < -0.4 is 14.8 Å². The molecule has 0 aromatic heterocycles. The minimum absolute atomic E-state index is 0.0733. The molecule has 1 aromatic rings. The molecular weight excluding hydrogens is 244 g/mol. The number of benzene rings is 1. The molecule has 1 saturated heterocycles. The number of rotatable bonds is 2. The predicted octanol–water partition coefficient (Wildman–Crippen LogP) is 1.70. The van der Waals surface area contributed by atoms with E-state index in [1.807, 2.05) is 18.2 Å². The summed E-state index contributed by atoms with van der Waals surface area (Å²) in [5, 5.41) is 2.96. The molecule has 0 aliphatic carbocycles. The van der Waals surface area contributed by atoms with Crippen LogP contribution in [0, 0.1) is 5.92 Å². The summed E-state index contributed by atoms with van der Waals surface area (Å²) >= 11 is 0. The molecule has 1 N–H and O–H groups in total. The Morgan fingerprint density at radius 1 is 1.37 bits per heavy atom. The van der Waals surface area contributed by atoms with Crippen LogP contribution in [-0.2, 0) is 4.79 Å². The second-order valence-corrected chi connectivity index (χ2v) is 5.16. The second-order valence-electron chi connectivity index (χ2n) is 5.16. The summed E-state index contributed by atoms with van der Waals surface area (Å²) in [6.07, 6.45) is 2.04. The van der Waals surface area contributed by atoms with Gasteiger partial charge in [0.1, 0.15) is 0 Å². The van der Waals surface area contributed by atoms with Gasteiger partial charge >= 0.3 is 0 Å². The van der Waals surface area contributed by atoms with Crippen molar-refractivity contribution in [2.75, 3.05) is 32.2 Å². The molecular formula is C14H18N2O3. The lowest BCUT2D eigenvalue weighted by atomic mass is 9.97. The highest BCUT2D eigenvalue weighted by Crippen LogP contribution is 2.34. The summed E-state index contributed by atoms with van der Waals surface area (Å²) in [4.78, 5) is 14.4. The zero-order valence-electron chi connectivity index (χ0n) is 11.0. The SMILES string of the molecule is CN1CCC[C@@H](C(=O)Nc2ccc3c(c2)OCO3)C1. The number of ether oxygens (including phenoxy) is 2. The first kappa shape index (κ1) is 12.3. The van der Waals surface area contributed by atoms with Crippen molar-refractivity contribution in [3.8, 4) is 11.5 Å². The summed E-state index contributed by atoms with van der Waals surface area (Å²) in [7, 11) is 2.06. The second kappa shape index (κ2) is 5.09. The average Bonchev–Trinajstić information content (AvgIpc) is 2.86. The van der Waals surface area contributed by atoms with Crippen LogP contribution in [0.3, 0.4) is 0 Å². The Kier molecular flexibility index (Phi) is 3.29. The monoisotopic (exact) mass is 262 g/mol. The Bertz CT molecular complexity index is 490. The van der Waals surface area contributed by atoms with Gasteiger partial charge < -0.3 is 19.7 Å². The van der Waals surface area contributed by atoms with E-state index in [2.05, 4.69) is 17.3 Å². The van der Waals surface area contributed by atoms with Gasteiger partial charge in [-0.2, -0.15) is 0 Å². The molecule has 3 rings (SSSR count). The molecule has 1 aromatic carbocycles. The summed E-state index contributed by atoms with van der Waals surface area (Å²) in [6, 6.07) is 5.48. The Morgan fingerprint density at radius 2 is 2.21 bits per heavy atom. The normalized spacial score (nSPS) is 22.3. The van der Waals surface area contributed by atoms with Gasteiger partial charge in [-0.25, -0.2) is 0 Å². The Labute approximate surface area is 112 Å². The molecule has 5 nitrogen and oxygen atoms in total. The van der Waals surface area contributed by atoms with Crippen LogP contribution in [0.2, 0.25) is 0 Å². The smallest absolute Gasteiger partial charge is 0.231 e. The van der Waals surface area contributed by atoms with Crippen LogP contribution in [0.25, 0.3) is 0 Å². The molecule has 2 aliphatic heterocycles. The molecule has 5 heteroatoms. The fraction of sp³-hybridized carbons (Fsp3) is 0.500. The summed E-state index contributed by atoms with van der Waals surface area (Å²) in [5.41, 5.74) is 0.766. The van der Waals surface area contributed by atoms with Crippen molar-refractivity contribution in [1.82, 2.24) is 4.90 Å². The zero-order valence-corrected chi connectivity index (χ0v) is 11.0. The largest absolute Gasteiger partial charge is 0.454 e. The maximum Gasteiger partial charge on any atom is 0.231 e. The Morgan fingerprint density at radius 3 is 3.05 bits per heavy atom. The highest BCUT2D eigenvalue weighted by molar-refractivity contribution is 5.93. The lowest BCUT2D eigenvalue weighted by molar-refractivity contribution is -0.121. The average molecular weight is 262 g/mol. The number of piperidine rings is 1. The highest BCUT2D eigenvalue weighted by Gasteiger charge is 2.24. The van der Waals surface area contributed by atoms with Crippen LogP contribution in [0.5, 0.6) is 11.5 Å². The summed E-state index contributed by atoms with van der Waals surface area (Å²) in [6.45, 7) is 2.16. The third kappa shape index (κ3) is 2.66. The lowest BCUT2D eigenvalue weighted by Crippen LogP contribution is -2.38. The van der Waals surface area contributed by atoms with Crippen molar-refractivity contribution in [2.24, 2.45) is 5.92 Å². The zero-order chi connectivity index (χ0) is 13.2. The molecule has 2 aliphatic rings. The minimum atomic E-state index is 0.0733. The van der Waals surface area contributed by atoms with Gasteiger partial charge in [0.2, 0.25) is 12.7 Å². The predicted molar refractivity (Wildman–Crippen MR) is 71.4 cm³/mol. The molecule has 19 heavy (non-hydrogen) atoms. The fourth-order valence-corrected chi connectivity index (χ4v) is 2.60. The van der Waals surface area contributed by atoms with Gasteiger partial charge in [-0.3, -0.25) is 4.79 Å². The van der Waals surface area contributed by atoms with Crippen molar-refractivity contribution in [3.05, 3.63) is 18.2 Å². The van der Waals surface area contributed by atoms with E-state index in [1.54, 1.807) is 0 Å². The molecule has 0 spiro atoms.